The summed E-state index contributed by atoms with van der Waals surface area (Å²) in [5, 5.41) is 21.5. The lowest BCUT2D eigenvalue weighted by molar-refractivity contribution is -0.305. The van der Waals surface area contributed by atoms with Crippen molar-refractivity contribution in [2.45, 2.75) is 25.8 Å². The number of rotatable bonds is 6. The molecule has 3 rings (SSSR count). The summed E-state index contributed by atoms with van der Waals surface area (Å²) < 4.78 is 14.6. The smallest absolute Gasteiger partial charge is 0.295 e. The number of benzene rings is 2. The minimum atomic E-state index is -1.29. The van der Waals surface area contributed by atoms with E-state index in [9.17, 15) is 29.0 Å². The number of aliphatic hydroxyl groups is 1. The molecule has 6 nitrogen and oxygen atoms in total. The first kappa shape index (κ1) is 20.3. The van der Waals surface area contributed by atoms with Gasteiger partial charge in [-0.1, -0.05) is 48.0 Å². The third kappa shape index (κ3) is 4.03. The van der Waals surface area contributed by atoms with Gasteiger partial charge in [0.25, 0.3) is 11.7 Å². The largest absolute Gasteiger partial charge is 0.550 e. The third-order valence-corrected chi connectivity index (χ3v) is 4.84. The minimum absolute atomic E-state index is 0.0326. The van der Waals surface area contributed by atoms with Gasteiger partial charge in [0.2, 0.25) is 0 Å². The quantitative estimate of drug-likeness (QED) is 0.458. The van der Waals surface area contributed by atoms with E-state index in [1.807, 2.05) is 6.92 Å². The fraction of sp³-hybridized carbons (Fsp3) is 0.227. The van der Waals surface area contributed by atoms with E-state index < -0.39 is 35.3 Å². The van der Waals surface area contributed by atoms with Gasteiger partial charge in [0.05, 0.1) is 11.6 Å². The summed E-state index contributed by atoms with van der Waals surface area (Å²) >= 11 is 0. The van der Waals surface area contributed by atoms with Crippen LogP contribution in [0.15, 0.2) is 54.1 Å². The molecule has 7 heteroatoms. The summed E-state index contributed by atoms with van der Waals surface area (Å²) in [6, 6.07) is 11.2. The number of Topliss-reactive ketones (excluding diaryl/α,β-unsaturated/α-hetero) is 1. The minimum Gasteiger partial charge on any atom is -0.550 e. The van der Waals surface area contributed by atoms with Gasteiger partial charge in [0.15, 0.2) is 0 Å². The molecule has 1 heterocycles. The van der Waals surface area contributed by atoms with E-state index in [1.54, 1.807) is 30.3 Å². The molecule has 2 aromatic rings. The number of hydrogen-bond donors (Lipinski definition) is 1. The zero-order chi connectivity index (χ0) is 21.1. The molecule has 1 aliphatic heterocycles. The summed E-state index contributed by atoms with van der Waals surface area (Å²) in [5.41, 5.74) is 1.09. The normalized spacial score (nSPS) is 18.3. The molecule has 0 saturated carbocycles. The van der Waals surface area contributed by atoms with E-state index in [-0.39, 0.29) is 30.5 Å². The Morgan fingerprint density at radius 2 is 1.79 bits per heavy atom. The monoisotopic (exact) mass is 396 g/mol. The second-order valence-corrected chi connectivity index (χ2v) is 6.86. The molecule has 0 aliphatic carbocycles. The van der Waals surface area contributed by atoms with E-state index >= 15 is 0 Å². The molecule has 1 N–H and O–H groups in total. The highest BCUT2D eigenvalue weighted by Crippen LogP contribution is 2.40. The van der Waals surface area contributed by atoms with Crippen molar-refractivity contribution in [2.75, 3.05) is 6.54 Å². The molecule has 1 fully saturated rings. The van der Waals surface area contributed by atoms with E-state index in [1.165, 1.54) is 18.2 Å². The molecule has 0 radical (unpaired) electrons. The predicted octanol–water partition coefficient (Wildman–Crippen LogP) is 2.09. The van der Waals surface area contributed by atoms with E-state index in [0.29, 0.717) is 5.56 Å². The van der Waals surface area contributed by atoms with Crippen molar-refractivity contribution in [1.82, 2.24) is 4.90 Å². The van der Waals surface area contributed by atoms with Crippen LogP contribution in [-0.4, -0.2) is 34.2 Å². The molecule has 0 aromatic heterocycles. The lowest BCUT2D eigenvalue weighted by atomic mass is 9.94. The molecule has 1 atom stereocenters. The maximum atomic E-state index is 14.6. The zero-order valence-corrected chi connectivity index (χ0v) is 15.7. The molecule has 150 valence electrons. The van der Waals surface area contributed by atoms with Gasteiger partial charge in [-0.3, -0.25) is 9.59 Å². The maximum absolute atomic E-state index is 14.6. The Hall–Kier alpha value is -3.48. The predicted molar refractivity (Wildman–Crippen MR) is 101 cm³/mol. The SMILES string of the molecule is Cc1ccc(/C(O)=C2\C(=O)C(=O)N(CCCC(=O)[O-])[C@@H]2c2ccccc2F)cc1. The first-order chi connectivity index (χ1) is 13.8. The number of aryl methyl sites for hydroxylation is 1. The average Bonchev–Trinajstić information content (AvgIpc) is 2.93. The van der Waals surface area contributed by atoms with Crippen molar-refractivity contribution in [3.63, 3.8) is 0 Å². The number of carboxylic acids is 1. The number of nitrogens with zero attached hydrogens (tertiary/aromatic N) is 1. The van der Waals surface area contributed by atoms with Crippen molar-refractivity contribution in [3.8, 4) is 0 Å². The molecule has 1 saturated heterocycles. The number of carboxylic acid groups (broad SMARTS) is 1. The molecular weight excluding hydrogens is 377 g/mol. The number of amides is 1. The molecule has 29 heavy (non-hydrogen) atoms. The Morgan fingerprint density at radius 3 is 2.41 bits per heavy atom. The number of ketones is 1. The van der Waals surface area contributed by atoms with Crippen LogP contribution in [0.25, 0.3) is 5.76 Å². The van der Waals surface area contributed by atoms with Gasteiger partial charge < -0.3 is 19.9 Å². The van der Waals surface area contributed by atoms with Crippen LogP contribution in [0.3, 0.4) is 0 Å². The van der Waals surface area contributed by atoms with Gasteiger partial charge in [0, 0.05) is 23.6 Å². The second kappa shape index (κ2) is 8.26. The maximum Gasteiger partial charge on any atom is 0.295 e. The number of carbonyl (C=O) groups is 3. The van der Waals surface area contributed by atoms with Gasteiger partial charge in [0.1, 0.15) is 11.6 Å². The Balaban J connectivity index is 2.12. The van der Waals surface area contributed by atoms with Crippen molar-refractivity contribution in [3.05, 3.63) is 76.6 Å². The Morgan fingerprint density at radius 1 is 1.14 bits per heavy atom. The number of carbonyl (C=O) groups excluding carboxylic acids is 3. The number of likely N-dealkylation sites (tertiary alicyclic amines) is 1. The molecule has 0 unspecified atom stereocenters. The zero-order valence-electron chi connectivity index (χ0n) is 15.7. The summed E-state index contributed by atoms with van der Waals surface area (Å²) in [6.07, 6.45) is -0.282. The number of hydrogen-bond acceptors (Lipinski definition) is 5. The van der Waals surface area contributed by atoms with Crippen LogP contribution in [0.1, 0.15) is 35.6 Å². The molecule has 0 spiro atoms. The molecular formula is C22H19FNO5-. The van der Waals surface area contributed by atoms with Crippen LogP contribution in [0.2, 0.25) is 0 Å². The number of aliphatic hydroxyl groups excluding tert-OH is 1. The van der Waals surface area contributed by atoms with Gasteiger partial charge in [-0.25, -0.2) is 4.39 Å². The van der Waals surface area contributed by atoms with Gasteiger partial charge in [-0.05, 0) is 25.8 Å². The van der Waals surface area contributed by atoms with E-state index in [0.717, 1.165) is 10.5 Å². The Kier molecular flexibility index (Phi) is 5.77. The van der Waals surface area contributed by atoms with Gasteiger partial charge >= 0.3 is 0 Å². The lowest BCUT2D eigenvalue weighted by Gasteiger charge is -2.25. The fourth-order valence-corrected chi connectivity index (χ4v) is 3.39. The van der Waals surface area contributed by atoms with Crippen LogP contribution < -0.4 is 5.11 Å². The number of aliphatic carboxylic acids is 1. The van der Waals surface area contributed by atoms with Crippen LogP contribution in [-0.2, 0) is 14.4 Å². The van der Waals surface area contributed by atoms with E-state index in [4.69, 9.17) is 0 Å². The third-order valence-electron chi connectivity index (χ3n) is 4.84. The van der Waals surface area contributed by atoms with E-state index in [2.05, 4.69) is 0 Å². The second-order valence-electron chi connectivity index (χ2n) is 6.86. The van der Waals surface area contributed by atoms with Crippen LogP contribution in [0, 0.1) is 12.7 Å². The molecule has 1 amide bonds. The molecule has 0 bridgehead atoms. The standard InChI is InChI=1S/C22H20FNO5/c1-13-8-10-14(11-9-13)20(27)18-19(15-5-2-3-6-16(15)23)24(22(29)21(18)28)12-4-7-17(25)26/h2-3,5-6,8-11,19,27H,4,7,12H2,1H3,(H,25,26)/p-1/b20-18+/t19-/m1/s1. The fourth-order valence-electron chi connectivity index (χ4n) is 3.39. The van der Waals surface area contributed by atoms with Crippen molar-refractivity contribution in [2.24, 2.45) is 0 Å². The van der Waals surface area contributed by atoms with Crippen molar-refractivity contribution in [1.29, 1.82) is 0 Å². The Labute approximate surface area is 166 Å². The summed E-state index contributed by atoms with van der Waals surface area (Å²) in [4.78, 5) is 37.2. The topological polar surface area (TPSA) is 97.7 Å². The first-order valence-corrected chi connectivity index (χ1v) is 9.11. The highest BCUT2D eigenvalue weighted by molar-refractivity contribution is 6.46. The van der Waals surface area contributed by atoms with Gasteiger partial charge in [-0.2, -0.15) is 0 Å². The van der Waals surface area contributed by atoms with Gasteiger partial charge in [-0.15, -0.1) is 0 Å². The summed E-state index contributed by atoms with van der Waals surface area (Å²) in [7, 11) is 0. The summed E-state index contributed by atoms with van der Waals surface area (Å²) in [5.74, 6) is -4.18. The highest BCUT2D eigenvalue weighted by atomic mass is 19.1. The average molecular weight is 396 g/mol. The molecule has 2 aromatic carbocycles. The van der Waals surface area contributed by atoms with Crippen LogP contribution in [0.5, 0.6) is 0 Å². The van der Waals surface area contributed by atoms with Crippen LogP contribution in [0.4, 0.5) is 4.39 Å². The first-order valence-electron chi connectivity index (χ1n) is 9.11. The number of halogens is 1. The highest BCUT2D eigenvalue weighted by Gasteiger charge is 2.46. The van der Waals surface area contributed by atoms with Crippen molar-refractivity contribution >= 4 is 23.4 Å². The Bertz CT molecular complexity index is 997. The van der Waals surface area contributed by atoms with Crippen LogP contribution >= 0.6 is 0 Å². The van der Waals surface area contributed by atoms with Crippen molar-refractivity contribution < 1.29 is 29.0 Å². The molecule has 1 aliphatic rings. The summed E-state index contributed by atoms with van der Waals surface area (Å²) in [6.45, 7) is 1.77. The lowest BCUT2D eigenvalue weighted by Crippen LogP contribution is -2.32.